The maximum absolute atomic E-state index is 5.16. The standard InChI is InChI=1S/C16H26N2O/c1-5-10-17-11-14(2)12-18(3)13-15-6-8-16(19-4)9-7-15/h6-9,17H,2,5,10-13H2,1,3-4H3. The van der Waals surface area contributed by atoms with E-state index in [-0.39, 0.29) is 0 Å². The van der Waals surface area contributed by atoms with E-state index in [1.807, 2.05) is 12.1 Å². The molecule has 0 fully saturated rings. The van der Waals surface area contributed by atoms with Crippen molar-refractivity contribution in [1.82, 2.24) is 10.2 Å². The molecular weight excluding hydrogens is 236 g/mol. The molecule has 0 bridgehead atoms. The Labute approximate surface area is 117 Å². The van der Waals surface area contributed by atoms with E-state index >= 15 is 0 Å². The Balaban J connectivity index is 2.33. The van der Waals surface area contributed by atoms with Crippen molar-refractivity contribution in [2.24, 2.45) is 0 Å². The highest BCUT2D eigenvalue weighted by Crippen LogP contribution is 2.12. The zero-order chi connectivity index (χ0) is 14.1. The van der Waals surface area contributed by atoms with Crippen LogP contribution in [0.25, 0.3) is 0 Å². The fraction of sp³-hybridized carbons (Fsp3) is 0.500. The van der Waals surface area contributed by atoms with Crippen molar-refractivity contribution in [2.75, 3.05) is 33.8 Å². The van der Waals surface area contributed by atoms with Crippen LogP contribution in [0.3, 0.4) is 0 Å². The molecule has 3 heteroatoms. The van der Waals surface area contributed by atoms with Crippen LogP contribution < -0.4 is 10.1 Å². The topological polar surface area (TPSA) is 24.5 Å². The molecule has 0 aliphatic rings. The van der Waals surface area contributed by atoms with Gasteiger partial charge in [0.25, 0.3) is 0 Å². The van der Waals surface area contributed by atoms with E-state index in [4.69, 9.17) is 4.74 Å². The first kappa shape index (κ1) is 15.7. The molecule has 106 valence electrons. The van der Waals surface area contributed by atoms with Crippen LogP contribution in [-0.4, -0.2) is 38.7 Å². The number of hydrogen-bond acceptors (Lipinski definition) is 3. The third kappa shape index (κ3) is 6.41. The number of rotatable bonds is 9. The lowest BCUT2D eigenvalue weighted by atomic mass is 10.2. The zero-order valence-corrected chi connectivity index (χ0v) is 12.4. The van der Waals surface area contributed by atoms with Crippen molar-refractivity contribution >= 4 is 0 Å². The van der Waals surface area contributed by atoms with Gasteiger partial charge in [-0.05, 0) is 43.3 Å². The smallest absolute Gasteiger partial charge is 0.118 e. The van der Waals surface area contributed by atoms with Crippen LogP contribution in [0, 0.1) is 0 Å². The normalized spacial score (nSPS) is 10.7. The molecule has 1 aromatic carbocycles. The Hall–Kier alpha value is -1.32. The van der Waals surface area contributed by atoms with Crippen LogP contribution >= 0.6 is 0 Å². The lowest BCUT2D eigenvalue weighted by Gasteiger charge is -2.18. The Morgan fingerprint density at radius 2 is 2.00 bits per heavy atom. The van der Waals surface area contributed by atoms with Gasteiger partial charge in [-0.1, -0.05) is 25.6 Å². The number of ether oxygens (including phenoxy) is 1. The average Bonchev–Trinajstić information content (AvgIpc) is 2.39. The van der Waals surface area contributed by atoms with Gasteiger partial charge in [0.1, 0.15) is 5.75 Å². The fourth-order valence-corrected chi connectivity index (χ4v) is 1.98. The van der Waals surface area contributed by atoms with Crippen LogP contribution in [0.5, 0.6) is 5.75 Å². The van der Waals surface area contributed by atoms with E-state index in [0.29, 0.717) is 0 Å². The molecular formula is C16H26N2O. The minimum Gasteiger partial charge on any atom is -0.497 e. The molecule has 0 aliphatic heterocycles. The van der Waals surface area contributed by atoms with Gasteiger partial charge in [-0.3, -0.25) is 4.90 Å². The van der Waals surface area contributed by atoms with Gasteiger partial charge in [-0.15, -0.1) is 0 Å². The first-order valence-corrected chi connectivity index (χ1v) is 6.84. The average molecular weight is 262 g/mol. The second kappa shape index (κ2) is 8.73. The molecule has 19 heavy (non-hydrogen) atoms. The highest BCUT2D eigenvalue weighted by atomic mass is 16.5. The molecule has 0 amide bonds. The van der Waals surface area contributed by atoms with Crippen molar-refractivity contribution in [3.05, 3.63) is 42.0 Å². The van der Waals surface area contributed by atoms with Crippen LogP contribution in [-0.2, 0) is 6.54 Å². The number of nitrogens with zero attached hydrogens (tertiary/aromatic N) is 1. The van der Waals surface area contributed by atoms with Crippen molar-refractivity contribution in [3.63, 3.8) is 0 Å². The van der Waals surface area contributed by atoms with Gasteiger partial charge < -0.3 is 10.1 Å². The first-order chi connectivity index (χ1) is 9.15. The van der Waals surface area contributed by atoms with Crippen molar-refractivity contribution in [2.45, 2.75) is 19.9 Å². The predicted octanol–water partition coefficient (Wildman–Crippen LogP) is 2.68. The highest BCUT2D eigenvalue weighted by molar-refractivity contribution is 5.27. The van der Waals surface area contributed by atoms with Gasteiger partial charge in [-0.2, -0.15) is 0 Å². The van der Waals surface area contributed by atoms with Crippen molar-refractivity contribution in [3.8, 4) is 5.75 Å². The molecule has 0 saturated carbocycles. The number of benzene rings is 1. The van der Waals surface area contributed by atoms with Gasteiger partial charge >= 0.3 is 0 Å². The minimum absolute atomic E-state index is 0.902. The summed E-state index contributed by atoms with van der Waals surface area (Å²) in [5.74, 6) is 0.902. The van der Waals surface area contributed by atoms with Gasteiger partial charge in [0.15, 0.2) is 0 Å². The molecule has 0 aliphatic carbocycles. The molecule has 0 atom stereocenters. The van der Waals surface area contributed by atoms with E-state index in [0.717, 1.165) is 38.3 Å². The Morgan fingerprint density at radius 3 is 2.58 bits per heavy atom. The maximum Gasteiger partial charge on any atom is 0.118 e. The summed E-state index contributed by atoms with van der Waals surface area (Å²) in [5.41, 5.74) is 2.52. The Kier molecular flexibility index (Phi) is 7.23. The maximum atomic E-state index is 5.16. The monoisotopic (exact) mass is 262 g/mol. The number of methoxy groups -OCH3 is 1. The summed E-state index contributed by atoms with van der Waals surface area (Å²) in [7, 11) is 3.81. The quantitative estimate of drug-likeness (QED) is 0.547. The predicted molar refractivity (Wildman–Crippen MR) is 81.6 cm³/mol. The van der Waals surface area contributed by atoms with Gasteiger partial charge in [0.2, 0.25) is 0 Å². The summed E-state index contributed by atoms with van der Waals surface area (Å²) < 4.78 is 5.16. The number of hydrogen-bond donors (Lipinski definition) is 1. The third-order valence-corrected chi connectivity index (χ3v) is 2.91. The van der Waals surface area contributed by atoms with E-state index in [1.54, 1.807) is 7.11 Å². The highest BCUT2D eigenvalue weighted by Gasteiger charge is 2.03. The van der Waals surface area contributed by atoms with E-state index in [9.17, 15) is 0 Å². The van der Waals surface area contributed by atoms with Crippen LogP contribution in [0.1, 0.15) is 18.9 Å². The van der Waals surface area contributed by atoms with E-state index in [1.165, 1.54) is 11.1 Å². The number of likely N-dealkylation sites (N-methyl/N-ethyl adjacent to an activating group) is 1. The van der Waals surface area contributed by atoms with Crippen LogP contribution in [0.4, 0.5) is 0 Å². The van der Waals surface area contributed by atoms with Gasteiger partial charge in [0, 0.05) is 19.6 Å². The molecule has 0 aromatic heterocycles. The summed E-state index contributed by atoms with van der Waals surface area (Å²) in [6, 6.07) is 8.21. The Bertz CT molecular complexity index is 373. The fourth-order valence-electron chi connectivity index (χ4n) is 1.98. The molecule has 0 spiro atoms. The molecule has 1 N–H and O–H groups in total. The lowest BCUT2D eigenvalue weighted by Crippen LogP contribution is -2.26. The van der Waals surface area contributed by atoms with Crippen LogP contribution in [0.2, 0.25) is 0 Å². The summed E-state index contributed by atoms with van der Waals surface area (Å²) >= 11 is 0. The molecule has 1 aromatic rings. The number of nitrogens with one attached hydrogen (secondary N) is 1. The molecule has 1 rings (SSSR count). The molecule has 0 saturated heterocycles. The van der Waals surface area contributed by atoms with E-state index in [2.05, 4.69) is 42.9 Å². The largest absolute Gasteiger partial charge is 0.497 e. The summed E-state index contributed by atoms with van der Waals surface area (Å²) in [4.78, 5) is 2.28. The minimum atomic E-state index is 0.902. The molecule has 0 radical (unpaired) electrons. The molecule has 0 unspecified atom stereocenters. The van der Waals surface area contributed by atoms with Crippen molar-refractivity contribution < 1.29 is 4.74 Å². The SMILES string of the molecule is C=C(CNCCC)CN(C)Cc1ccc(OC)cc1. The lowest BCUT2D eigenvalue weighted by molar-refractivity contribution is 0.351. The van der Waals surface area contributed by atoms with Crippen molar-refractivity contribution in [1.29, 1.82) is 0 Å². The second-order valence-corrected chi connectivity index (χ2v) is 4.95. The van der Waals surface area contributed by atoms with Gasteiger partial charge in [-0.25, -0.2) is 0 Å². The van der Waals surface area contributed by atoms with E-state index < -0.39 is 0 Å². The first-order valence-electron chi connectivity index (χ1n) is 6.84. The van der Waals surface area contributed by atoms with Crippen LogP contribution in [0.15, 0.2) is 36.4 Å². The molecule has 0 heterocycles. The summed E-state index contributed by atoms with van der Waals surface area (Å²) in [6.45, 7) is 10.1. The summed E-state index contributed by atoms with van der Waals surface area (Å²) in [6.07, 6.45) is 1.16. The third-order valence-electron chi connectivity index (χ3n) is 2.91. The second-order valence-electron chi connectivity index (χ2n) is 4.95. The molecule has 3 nitrogen and oxygen atoms in total. The Morgan fingerprint density at radius 1 is 1.32 bits per heavy atom. The summed E-state index contributed by atoms with van der Waals surface area (Å²) in [5, 5.41) is 3.38. The van der Waals surface area contributed by atoms with Gasteiger partial charge in [0.05, 0.1) is 7.11 Å². The zero-order valence-electron chi connectivity index (χ0n) is 12.4.